The van der Waals surface area contributed by atoms with E-state index in [1.165, 1.54) is 0 Å². The van der Waals surface area contributed by atoms with E-state index in [-0.39, 0.29) is 17.9 Å². The molecule has 2 nitrogen and oxygen atoms in total. The summed E-state index contributed by atoms with van der Waals surface area (Å²) in [5.74, 6) is 0. The Kier molecular flexibility index (Phi) is 18.8. The molecule has 0 atom stereocenters. The molecular formula is C7H16ClNO. The minimum Gasteiger partial charge on any atom is -0.412 e. The van der Waals surface area contributed by atoms with E-state index in [2.05, 4.69) is 18.1 Å². The van der Waals surface area contributed by atoms with Gasteiger partial charge >= 0.3 is 0 Å². The Bertz CT molecular complexity index is 75.7. The highest BCUT2D eigenvalue weighted by atomic mass is 35.5. The Balaban J connectivity index is -0.000000245. The fourth-order valence-corrected chi connectivity index (χ4v) is 0.515. The molecule has 0 aliphatic heterocycles. The van der Waals surface area contributed by atoms with Crippen molar-refractivity contribution in [3.63, 3.8) is 0 Å². The summed E-state index contributed by atoms with van der Waals surface area (Å²) in [5, 5.41) is 0. The second-order valence-electron chi connectivity index (χ2n) is 1.80. The first-order chi connectivity index (χ1) is 3.81. The first-order valence-electron chi connectivity index (χ1n) is 2.71. The minimum atomic E-state index is 0. The molecule has 0 rings (SSSR count). The number of likely N-dealkylation sites (N-methyl/N-ethyl adjacent to an activating group) is 1. The summed E-state index contributed by atoms with van der Waals surface area (Å²) in [4.78, 5) is 2.12. The van der Waals surface area contributed by atoms with Crippen LogP contribution in [0.5, 0.6) is 0 Å². The van der Waals surface area contributed by atoms with Crippen LogP contribution in [0.3, 0.4) is 0 Å². The molecule has 0 radical (unpaired) electrons. The zero-order valence-electron chi connectivity index (χ0n) is 6.34. The summed E-state index contributed by atoms with van der Waals surface area (Å²) in [6.07, 6.45) is 3.76. The SMILES string of the molecule is C=CCN(C)CC=C.Cl.O. The molecular weight excluding hydrogens is 150 g/mol. The van der Waals surface area contributed by atoms with Crippen molar-refractivity contribution >= 4 is 12.4 Å². The van der Waals surface area contributed by atoms with Crippen LogP contribution >= 0.6 is 12.4 Å². The number of nitrogens with zero attached hydrogens (tertiary/aromatic N) is 1. The average Bonchev–Trinajstić information content (AvgIpc) is 1.68. The molecule has 0 saturated heterocycles. The molecule has 62 valence electrons. The number of rotatable bonds is 4. The Morgan fingerprint density at radius 2 is 1.50 bits per heavy atom. The predicted octanol–water partition coefficient (Wildman–Crippen LogP) is 0.887. The fraction of sp³-hybridized carbons (Fsp3) is 0.429. The zero-order chi connectivity index (χ0) is 6.41. The summed E-state index contributed by atoms with van der Waals surface area (Å²) in [6.45, 7) is 9.09. The number of halogens is 1. The van der Waals surface area contributed by atoms with Gasteiger partial charge in [-0.2, -0.15) is 0 Å². The van der Waals surface area contributed by atoms with E-state index in [0.29, 0.717) is 0 Å². The monoisotopic (exact) mass is 165 g/mol. The maximum atomic E-state index is 3.61. The summed E-state index contributed by atoms with van der Waals surface area (Å²) < 4.78 is 0. The van der Waals surface area contributed by atoms with Gasteiger partial charge < -0.3 is 5.48 Å². The van der Waals surface area contributed by atoms with Gasteiger partial charge in [0.2, 0.25) is 0 Å². The molecule has 0 amide bonds. The molecule has 0 fully saturated rings. The van der Waals surface area contributed by atoms with E-state index < -0.39 is 0 Å². The fourth-order valence-electron chi connectivity index (χ4n) is 0.515. The first-order valence-corrected chi connectivity index (χ1v) is 2.71. The van der Waals surface area contributed by atoms with Crippen molar-refractivity contribution in [2.24, 2.45) is 0 Å². The maximum absolute atomic E-state index is 3.61. The minimum absolute atomic E-state index is 0. The van der Waals surface area contributed by atoms with Gasteiger partial charge in [0.15, 0.2) is 0 Å². The van der Waals surface area contributed by atoms with Crippen LogP contribution in [0.25, 0.3) is 0 Å². The molecule has 0 aromatic rings. The van der Waals surface area contributed by atoms with Gasteiger partial charge in [0.05, 0.1) is 0 Å². The van der Waals surface area contributed by atoms with Crippen molar-refractivity contribution in [2.75, 3.05) is 20.1 Å². The van der Waals surface area contributed by atoms with E-state index in [1.54, 1.807) is 0 Å². The topological polar surface area (TPSA) is 34.7 Å². The first kappa shape index (κ1) is 16.3. The number of hydrogen-bond donors (Lipinski definition) is 0. The summed E-state index contributed by atoms with van der Waals surface area (Å²) in [7, 11) is 2.03. The van der Waals surface area contributed by atoms with E-state index in [4.69, 9.17) is 0 Å². The molecule has 2 N–H and O–H groups in total. The molecule has 0 aromatic carbocycles. The summed E-state index contributed by atoms with van der Waals surface area (Å²) in [5.41, 5.74) is 0. The molecule has 0 aromatic heterocycles. The molecule has 0 unspecified atom stereocenters. The standard InChI is InChI=1S/C7H13N.ClH.H2O/c1-4-6-8(3)7-5-2;;/h4-5H,1-2,6-7H2,3H3;1H;1H2. The Hall–Kier alpha value is -0.310. The van der Waals surface area contributed by atoms with Gasteiger partial charge in [-0.15, -0.1) is 25.6 Å². The van der Waals surface area contributed by atoms with E-state index in [9.17, 15) is 0 Å². The van der Waals surface area contributed by atoms with Gasteiger partial charge in [-0.3, -0.25) is 4.90 Å². The van der Waals surface area contributed by atoms with E-state index in [0.717, 1.165) is 13.1 Å². The Morgan fingerprint density at radius 1 is 1.20 bits per heavy atom. The highest BCUT2D eigenvalue weighted by Crippen LogP contribution is 1.80. The average molecular weight is 166 g/mol. The van der Waals surface area contributed by atoms with Crippen LogP contribution in [0.15, 0.2) is 25.3 Å². The van der Waals surface area contributed by atoms with Crippen molar-refractivity contribution < 1.29 is 5.48 Å². The van der Waals surface area contributed by atoms with E-state index >= 15 is 0 Å². The highest BCUT2D eigenvalue weighted by Gasteiger charge is 1.86. The van der Waals surface area contributed by atoms with Gasteiger partial charge in [-0.1, -0.05) is 12.2 Å². The van der Waals surface area contributed by atoms with Crippen molar-refractivity contribution in [1.82, 2.24) is 4.90 Å². The van der Waals surface area contributed by atoms with Gasteiger partial charge in [0.25, 0.3) is 0 Å². The molecule has 0 spiro atoms. The largest absolute Gasteiger partial charge is 0.412 e. The second-order valence-corrected chi connectivity index (χ2v) is 1.80. The van der Waals surface area contributed by atoms with Crippen LogP contribution in [-0.2, 0) is 0 Å². The summed E-state index contributed by atoms with van der Waals surface area (Å²) >= 11 is 0. The lowest BCUT2D eigenvalue weighted by Crippen LogP contribution is -2.17. The van der Waals surface area contributed by atoms with Gasteiger partial charge in [-0.25, -0.2) is 0 Å². The normalized spacial score (nSPS) is 7.40. The van der Waals surface area contributed by atoms with Crippen LogP contribution in [-0.4, -0.2) is 30.5 Å². The molecule has 0 aliphatic carbocycles. The third-order valence-corrected chi connectivity index (χ3v) is 0.882. The Morgan fingerprint density at radius 3 is 1.70 bits per heavy atom. The maximum Gasteiger partial charge on any atom is 0.0160 e. The molecule has 0 bridgehead atoms. The Labute approximate surface area is 68.9 Å². The lowest BCUT2D eigenvalue weighted by Gasteiger charge is -2.09. The smallest absolute Gasteiger partial charge is 0.0160 e. The van der Waals surface area contributed by atoms with Crippen molar-refractivity contribution in [3.05, 3.63) is 25.3 Å². The quantitative estimate of drug-likeness (QED) is 0.570. The third kappa shape index (κ3) is 10.6. The van der Waals surface area contributed by atoms with Crippen LogP contribution in [0.2, 0.25) is 0 Å². The lowest BCUT2D eigenvalue weighted by molar-refractivity contribution is 0.413. The van der Waals surface area contributed by atoms with Gasteiger partial charge in [0.1, 0.15) is 0 Å². The highest BCUT2D eigenvalue weighted by molar-refractivity contribution is 5.85. The van der Waals surface area contributed by atoms with Crippen molar-refractivity contribution in [3.8, 4) is 0 Å². The third-order valence-electron chi connectivity index (χ3n) is 0.882. The van der Waals surface area contributed by atoms with Crippen LogP contribution in [0.4, 0.5) is 0 Å². The molecule has 10 heavy (non-hydrogen) atoms. The predicted molar refractivity (Wildman–Crippen MR) is 48.8 cm³/mol. The van der Waals surface area contributed by atoms with Crippen molar-refractivity contribution in [1.29, 1.82) is 0 Å². The van der Waals surface area contributed by atoms with Gasteiger partial charge in [0, 0.05) is 13.1 Å². The molecule has 3 heteroatoms. The lowest BCUT2D eigenvalue weighted by atomic mass is 10.5. The van der Waals surface area contributed by atoms with E-state index in [1.807, 2.05) is 19.2 Å². The van der Waals surface area contributed by atoms with Crippen LogP contribution in [0.1, 0.15) is 0 Å². The molecule has 0 aliphatic rings. The summed E-state index contributed by atoms with van der Waals surface area (Å²) in [6, 6.07) is 0. The molecule has 0 heterocycles. The van der Waals surface area contributed by atoms with Crippen molar-refractivity contribution in [2.45, 2.75) is 0 Å². The van der Waals surface area contributed by atoms with Crippen LogP contribution in [0, 0.1) is 0 Å². The van der Waals surface area contributed by atoms with Crippen LogP contribution < -0.4 is 0 Å². The second kappa shape index (κ2) is 11.5. The molecule has 0 saturated carbocycles. The zero-order valence-corrected chi connectivity index (χ0v) is 7.16. The van der Waals surface area contributed by atoms with Gasteiger partial charge in [-0.05, 0) is 7.05 Å². The number of hydrogen-bond acceptors (Lipinski definition) is 1.